The molecule has 0 radical (unpaired) electrons. The Morgan fingerprint density at radius 2 is 2.11 bits per heavy atom. The molecule has 1 aromatic rings. The molecular formula is C13H16FN3O2. The van der Waals surface area contributed by atoms with E-state index >= 15 is 0 Å². The summed E-state index contributed by atoms with van der Waals surface area (Å²) in [5, 5.41) is 2.65. The summed E-state index contributed by atoms with van der Waals surface area (Å²) in [4.78, 5) is 25.0. The second-order valence-electron chi connectivity index (χ2n) is 4.86. The average Bonchev–Trinajstić information content (AvgIpc) is 2.58. The van der Waals surface area contributed by atoms with Crippen molar-refractivity contribution in [3.8, 4) is 0 Å². The number of nitrogens with one attached hydrogen (secondary N) is 1. The van der Waals surface area contributed by atoms with Crippen molar-refractivity contribution in [3.05, 3.63) is 29.6 Å². The van der Waals surface area contributed by atoms with Gasteiger partial charge in [0.05, 0.1) is 12.2 Å². The highest BCUT2D eigenvalue weighted by Gasteiger charge is 2.46. The van der Waals surface area contributed by atoms with Crippen LogP contribution in [0.3, 0.4) is 0 Å². The number of benzene rings is 1. The van der Waals surface area contributed by atoms with E-state index in [1.165, 1.54) is 12.1 Å². The van der Waals surface area contributed by atoms with E-state index in [0.29, 0.717) is 12.0 Å². The van der Waals surface area contributed by atoms with Gasteiger partial charge in [-0.3, -0.25) is 9.69 Å². The minimum atomic E-state index is -0.872. The Morgan fingerprint density at radius 1 is 1.42 bits per heavy atom. The first-order chi connectivity index (χ1) is 8.87. The molecule has 1 saturated heterocycles. The summed E-state index contributed by atoms with van der Waals surface area (Å²) in [5.74, 6) is -0.847. The number of hydrogen-bond acceptors (Lipinski definition) is 3. The van der Waals surface area contributed by atoms with Crippen molar-refractivity contribution in [1.29, 1.82) is 0 Å². The number of amides is 3. The van der Waals surface area contributed by atoms with E-state index in [0.717, 1.165) is 4.90 Å². The Labute approximate surface area is 110 Å². The van der Waals surface area contributed by atoms with Crippen molar-refractivity contribution < 1.29 is 14.0 Å². The zero-order valence-corrected chi connectivity index (χ0v) is 10.9. The van der Waals surface area contributed by atoms with Gasteiger partial charge in [0.2, 0.25) is 0 Å². The Hall–Kier alpha value is -2.11. The van der Waals surface area contributed by atoms with E-state index in [9.17, 15) is 14.0 Å². The molecule has 5 nitrogen and oxygen atoms in total. The molecule has 2 rings (SSSR count). The third-order valence-electron chi connectivity index (χ3n) is 3.46. The summed E-state index contributed by atoms with van der Waals surface area (Å²) in [6.45, 7) is 3.54. The Morgan fingerprint density at radius 3 is 2.63 bits per heavy atom. The SMILES string of the molecule is CCC1(C)NC(=O)N(Cc2ccc(N)c(F)c2)C1=O. The van der Waals surface area contributed by atoms with Crippen LogP contribution in [0.5, 0.6) is 0 Å². The van der Waals surface area contributed by atoms with Gasteiger partial charge >= 0.3 is 6.03 Å². The van der Waals surface area contributed by atoms with E-state index in [2.05, 4.69) is 5.32 Å². The third-order valence-corrected chi connectivity index (χ3v) is 3.46. The topological polar surface area (TPSA) is 75.4 Å². The maximum atomic E-state index is 13.3. The van der Waals surface area contributed by atoms with Gasteiger partial charge in [0.25, 0.3) is 5.91 Å². The fraction of sp³-hybridized carbons (Fsp3) is 0.385. The molecule has 1 heterocycles. The molecule has 0 saturated carbocycles. The summed E-state index contributed by atoms with van der Waals surface area (Å²) in [6, 6.07) is 3.80. The molecule has 102 valence electrons. The molecule has 3 N–H and O–H groups in total. The molecule has 6 heteroatoms. The maximum absolute atomic E-state index is 13.3. The van der Waals surface area contributed by atoms with Crippen LogP contribution >= 0.6 is 0 Å². The zero-order chi connectivity index (χ0) is 14.2. The standard InChI is InChI=1S/C13H16FN3O2/c1-3-13(2)11(18)17(12(19)16-13)7-8-4-5-10(15)9(14)6-8/h4-6H,3,7,15H2,1-2H3,(H,16,19). The van der Waals surface area contributed by atoms with Crippen LogP contribution in [0.15, 0.2) is 18.2 Å². The lowest BCUT2D eigenvalue weighted by Crippen LogP contribution is -2.43. The molecule has 1 atom stereocenters. The summed E-state index contributed by atoms with van der Waals surface area (Å²) < 4.78 is 13.3. The van der Waals surface area contributed by atoms with Gasteiger partial charge in [-0.2, -0.15) is 0 Å². The number of rotatable bonds is 3. The number of imide groups is 1. The number of urea groups is 1. The maximum Gasteiger partial charge on any atom is 0.325 e. The number of anilines is 1. The molecule has 1 aromatic carbocycles. The van der Waals surface area contributed by atoms with Crippen LogP contribution in [-0.4, -0.2) is 22.4 Å². The predicted octanol–water partition coefficient (Wildman–Crippen LogP) is 1.63. The minimum absolute atomic E-state index is 0.0391. The molecule has 1 unspecified atom stereocenters. The van der Waals surface area contributed by atoms with Gasteiger partial charge in [0.1, 0.15) is 11.4 Å². The van der Waals surface area contributed by atoms with Gasteiger partial charge in [-0.15, -0.1) is 0 Å². The second-order valence-corrected chi connectivity index (χ2v) is 4.86. The van der Waals surface area contributed by atoms with Crippen molar-refractivity contribution in [1.82, 2.24) is 10.2 Å². The number of halogens is 1. The predicted molar refractivity (Wildman–Crippen MR) is 68.6 cm³/mol. The Balaban J connectivity index is 2.21. The summed E-state index contributed by atoms with van der Waals surface area (Å²) >= 11 is 0. The third kappa shape index (κ3) is 2.25. The molecule has 0 spiro atoms. The molecular weight excluding hydrogens is 249 g/mol. The van der Waals surface area contributed by atoms with E-state index < -0.39 is 17.4 Å². The normalized spacial score (nSPS) is 22.8. The molecule has 1 aliphatic rings. The smallest absolute Gasteiger partial charge is 0.325 e. The summed E-state index contributed by atoms with van der Waals surface area (Å²) in [5.41, 5.74) is 5.07. The number of carbonyl (C=O) groups is 2. The van der Waals surface area contributed by atoms with Gasteiger partial charge < -0.3 is 11.1 Å². The fourth-order valence-electron chi connectivity index (χ4n) is 1.98. The van der Waals surface area contributed by atoms with Gasteiger partial charge in [-0.1, -0.05) is 13.0 Å². The van der Waals surface area contributed by atoms with Crippen molar-refractivity contribution >= 4 is 17.6 Å². The number of hydrogen-bond donors (Lipinski definition) is 2. The first kappa shape index (κ1) is 13.3. The average molecular weight is 265 g/mol. The van der Waals surface area contributed by atoms with Crippen molar-refractivity contribution in [2.24, 2.45) is 0 Å². The van der Waals surface area contributed by atoms with Crippen LogP contribution < -0.4 is 11.1 Å². The van der Waals surface area contributed by atoms with Gasteiger partial charge in [0, 0.05) is 0 Å². The second kappa shape index (κ2) is 4.53. The monoisotopic (exact) mass is 265 g/mol. The van der Waals surface area contributed by atoms with Gasteiger partial charge in [0.15, 0.2) is 0 Å². The molecule has 1 aliphatic heterocycles. The lowest BCUT2D eigenvalue weighted by Gasteiger charge is -2.19. The van der Waals surface area contributed by atoms with Crippen LogP contribution in [0.4, 0.5) is 14.9 Å². The zero-order valence-electron chi connectivity index (χ0n) is 10.9. The van der Waals surface area contributed by atoms with Crippen molar-refractivity contribution in [2.45, 2.75) is 32.4 Å². The van der Waals surface area contributed by atoms with Crippen molar-refractivity contribution in [3.63, 3.8) is 0 Å². The van der Waals surface area contributed by atoms with Crippen molar-refractivity contribution in [2.75, 3.05) is 5.73 Å². The largest absolute Gasteiger partial charge is 0.396 e. The van der Waals surface area contributed by atoms with E-state index in [4.69, 9.17) is 5.73 Å². The lowest BCUT2D eigenvalue weighted by molar-refractivity contribution is -0.131. The first-order valence-corrected chi connectivity index (χ1v) is 6.05. The van der Waals surface area contributed by atoms with Gasteiger partial charge in [-0.25, -0.2) is 9.18 Å². The number of carbonyl (C=O) groups excluding carboxylic acids is 2. The fourth-order valence-corrected chi connectivity index (χ4v) is 1.98. The van der Waals surface area contributed by atoms with Crippen LogP contribution in [0.2, 0.25) is 0 Å². The first-order valence-electron chi connectivity index (χ1n) is 6.05. The summed E-state index contributed by atoms with van der Waals surface area (Å²) in [6.07, 6.45) is 0.504. The van der Waals surface area contributed by atoms with Gasteiger partial charge in [-0.05, 0) is 31.0 Å². The molecule has 3 amide bonds. The highest BCUT2D eigenvalue weighted by atomic mass is 19.1. The number of nitrogens with two attached hydrogens (primary N) is 1. The highest BCUT2D eigenvalue weighted by molar-refractivity contribution is 6.06. The Bertz CT molecular complexity index is 547. The highest BCUT2D eigenvalue weighted by Crippen LogP contribution is 2.23. The molecule has 0 bridgehead atoms. The molecule has 19 heavy (non-hydrogen) atoms. The van der Waals surface area contributed by atoms with Crippen LogP contribution in [0.1, 0.15) is 25.8 Å². The van der Waals surface area contributed by atoms with E-state index in [1.807, 2.05) is 6.92 Å². The van der Waals surface area contributed by atoms with Crippen LogP contribution in [0, 0.1) is 5.82 Å². The van der Waals surface area contributed by atoms with E-state index in [1.54, 1.807) is 13.0 Å². The number of nitrogen functional groups attached to an aromatic ring is 1. The van der Waals surface area contributed by atoms with Crippen LogP contribution in [0.25, 0.3) is 0 Å². The minimum Gasteiger partial charge on any atom is -0.396 e. The lowest BCUT2D eigenvalue weighted by atomic mass is 9.99. The quantitative estimate of drug-likeness (QED) is 0.644. The van der Waals surface area contributed by atoms with E-state index in [-0.39, 0.29) is 18.1 Å². The Kier molecular flexibility index (Phi) is 3.18. The number of nitrogens with zero attached hydrogens (tertiary/aromatic N) is 1. The molecule has 0 aliphatic carbocycles. The molecule has 0 aromatic heterocycles. The van der Waals surface area contributed by atoms with Crippen LogP contribution in [-0.2, 0) is 11.3 Å². The molecule has 1 fully saturated rings. The summed E-state index contributed by atoms with van der Waals surface area (Å²) in [7, 11) is 0.